The van der Waals surface area contributed by atoms with E-state index < -0.39 is 5.97 Å². The fraction of sp³-hybridized carbons (Fsp3) is 0.417. The topological polar surface area (TPSA) is 79.3 Å². The number of carbonyl (C=O) groups is 2. The molecule has 0 aliphatic rings. The summed E-state index contributed by atoms with van der Waals surface area (Å²) < 4.78 is 0. The van der Waals surface area contributed by atoms with Gasteiger partial charge in [-0.25, -0.2) is 4.98 Å². The number of pyridine rings is 1. The smallest absolute Gasteiger partial charge is 0.303 e. The summed E-state index contributed by atoms with van der Waals surface area (Å²) in [7, 11) is 0. The normalized spacial score (nSPS) is 9.94. The van der Waals surface area contributed by atoms with Crippen LogP contribution in [0.3, 0.4) is 0 Å². The van der Waals surface area contributed by atoms with Crippen molar-refractivity contribution in [3.63, 3.8) is 0 Å². The lowest BCUT2D eigenvalue weighted by Gasteiger charge is -2.04. The largest absolute Gasteiger partial charge is 0.481 e. The van der Waals surface area contributed by atoms with Crippen LogP contribution in [-0.4, -0.2) is 28.5 Å². The number of aryl methyl sites for hydroxylation is 1. The van der Waals surface area contributed by atoms with E-state index in [0.717, 1.165) is 5.69 Å². The first-order valence-corrected chi connectivity index (χ1v) is 5.53. The van der Waals surface area contributed by atoms with E-state index >= 15 is 0 Å². The molecule has 5 heteroatoms. The van der Waals surface area contributed by atoms with Crippen LogP contribution in [0.2, 0.25) is 0 Å². The predicted octanol–water partition coefficient (Wildman–Crippen LogP) is 1.37. The molecule has 0 bridgehead atoms. The number of carboxylic acid groups (broad SMARTS) is 1. The van der Waals surface area contributed by atoms with Crippen molar-refractivity contribution in [1.82, 2.24) is 10.3 Å². The maximum atomic E-state index is 11.6. The van der Waals surface area contributed by atoms with Crippen molar-refractivity contribution in [2.24, 2.45) is 0 Å². The van der Waals surface area contributed by atoms with Gasteiger partial charge in [-0.15, -0.1) is 0 Å². The molecule has 1 aromatic heterocycles. The average molecular weight is 236 g/mol. The van der Waals surface area contributed by atoms with Crippen molar-refractivity contribution in [2.45, 2.75) is 26.2 Å². The quantitative estimate of drug-likeness (QED) is 0.731. The van der Waals surface area contributed by atoms with Gasteiger partial charge in [-0.3, -0.25) is 9.59 Å². The summed E-state index contributed by atoms with van der Waals surface area (Å²) >= 11 is 0. The molecule has 17 heavy (non-hydrogen) atoms. The Balaban J connectivity index is 2.28. The monoisotopic (exact) mass is 236 g/mol. The van der Waals surface area contributed by atoms with Crippen molar-refractivity contribution in [3.05, 3.63) is 29.6 Å². The van der Waals surface area contributed by atoms with Crippen LogP contribution >= 0.6 is 0 Å². The molecule has 0 radical (unpaired) electrons. The summed E-state index contributed by atoms with van der Waals surface area (Å²) in [5.74, 6) is -1.03. The van der Waals surface area contributed by atoms with E-state index in [1.54, 1.807) is 12.1 Å². The molecule has 0 aliphatic carbocycles. The SMILES string of the molecule is Cc1cccc(C(=O)NCCCCC(=O)O)n1. The number of aromatic nitrogens is 1. The standard InChI is InChI=1S/C12H16N2O3/c1-9-5-4-6-10(14-9)12(17)13-8-3-2-7-11(15)16/h4-6H,2-3,7-8H2,1H3,(H,13,17)(H,15,16). The van der Waals surface area contributed by atoms with Crippen molar-refractivity contribution in [2.75, 3.05) is 6.54 Å². The van der Waals surface area contributed by atoms with Crippen molar-refractivity contribution in [1.29, 1.82) is 0 Å². The number of carboxylic acids is 1. The summed E-state index contributed by atoms with van der Waals surface area (Å²) in [5, 5.41) is 11.1. The van der Waals surface area contributed by atoms with E-state index in [1.807, 2.05) is 13.0 Å². The summed E-state index contributed by atoms with van der Waals surface area (Å²) in [5.41, 5.74) is 1.19. The zero-order valence-electron chi connectivity index (χ0n) is 9.77. The number of amides is 1. The molecule has 0 saturated carbocycles. The molecular weight excluding hydrogens is 220 g/mol. The second-order valence-corrected chi connectivity index (χ2v) is 3.77. The molecule has 0 fully saturated rings. The zero-order chi connectivity index (χ0) is 12.7. The minimum Gasteiger partial charge on any atom is -0.481 e. The summed E-state index contributed by atoms with van der Waals surface area (Å²) in [6.45, 7) is 2.30. The third-order valence-corrected chi connectivity index (χ3v) is 2.22. The number of nitrogens with one attached hydrogen (secondary N) is 1. The van der Waals surface area contributed by atoms with E-state index in [-0.39, 0.29) is 12.3 Å². The molecule has 0 atom stereocenters. The second-order valence-electron chi connectivity index (χ2n) is 3.77. The van der Waals surface area contributed by atoms with Gasteiger partial charge in [0.15, 0.2) is 0 Å². The van der Waals surface area contributed by atoms with Crippen molar-refractivity contribution in [3.8, 4) is 0 Å². The Morgan fingerprint density at radius 2 is 2.12 bits per heavy atom. The Morgan fingerprint density at radius 3 is 2.76 bits per heavy atom. The van der Waals surface area contributed by atoms with Gasteiger partial charge in [0.25, 0.3) is 5.91 Å². The molecule has 1 amide bonds. The highest BCUT2D eigenvalue weighted by atomic mass is 16.4. The molecule has 1 aromatic rings. The first kappa shape index (κ1) is 13.2. The van der Waals surface area contributed by atoms with Gasteiger partial charge >= 0.3 is 5.97 Å². The van der Waals surface area contributed by atoms with Gasteiger partial charge < -0.3 is 10.4 Å². The minimum absolute atomic E-state index is 0.137. The van der Waals surface area contributed by atoms with Crippen LogP contribution in [0.5, 0.6) is 0 Å². The second kappa shape index (κ2) is 6.62. The zero-order valence-corrected chi connectivity index (χ0v) is 9.77. The number of hydrogen-bond acceptors (Lipinski definition) is 3. The van der Waals surface area contributed by atoms with Gasteiger partial charge in [-0.1, -0.05) is 6.07 Å². The lowest BCUT2D eigenvalue weighted by molar-refractivity contribution is -0.137. The van der Waals surface area contributed by atoms with E-state index in [4.69, 9.17) is 5.11 Å². The first-order chi connectivity index (χ1) is 8.09. The highest BCUT2D eigenvalue weighted by Crippen LogP contribution is 1.98. The van der Waals surface area contributed by atoms with Gasteiger partial charge in [0.05, 0.1) is 0 Å². The predicted molar refractivity (Wildman–Crippen MR) is 62.8 cm³/mol. The fourth-order valence-corrected chi connectivity index (χ4v) is 1.36. The first-order valence-electron chi connectivity index (χ1n) is 5.53. The Morgan fingerprint density at radius 1 is 1.35 bits per heavy atom. The van der Waals surface area contributed by atoms with Crippen LogP contribution in [0, 0.1) is 6.92 Å². The van der Waals surface area contributed by atoms with Crippen molar-refractivity contribution >= 4 is 11.9 Å². The lowest BCUT2D eigenvalue weighted by Crippen LogP contribution is -2.25. The maximum absolute atomic E-state index is 11.6. The number of nitrogens with zero attached hydrogens (tertiary/aromatic N) is 1. The Hall–Kier alpha value is -1.91. The highest BCUT2D eigenvalue weighted by molar-refractivity contribution is 5.92. The average Bonchev–Trinajstić information content (AvgIpc) is 2.28. The molecule has 0 unspecified atom stereocenters. The van der Waals surface area contributed by atoms with E-state index in [0.29, 0.717) is 25.1 Å². The molecule has 0 aromatic carbocycles. The molecule has 0 aliphatic heterocycles. The molecular formula is C12H16N2O3. The van der Waals surface area contributed by atoms with Gasteiger partial charge in [-0.05, 0) is 31.9 Å². The molecule has 92 valence electrons. The van der Waals surface area contributed by atoms with Crippen LogP contribution in [-0.2, 0) is 4.79 Å². The molecule has 2 N–H and O–H groups in total. The molecule has 0 spiro atoms. The summed E-state index contributed by atoms with van der Waals surface area (Å²) in [6, 6.07) is 5.25. The third-order valence-electron chi connectivity index (χ3n) is 2.22. The van der Waals surface area contributed by atoms with Gasteiger partial charge in [0.1, 0.15) is 5.69 Å². The Labute approximate surface area is 99.9 Å². The van der Waals surface area contributed by atoms with Crippen LogP contribution in [0.25, 0.3) is 0 Å². The van der Waals surface area contributed by atoms with Gasteiger partial charge in [0, 0.05) is 18.7 Å². The van der Waals surface area contributed by atoms with E-state index in [1.165, 1.54) is 0 Å². The van der Waals surface area contributed by atoms with E-state index in [2.05, 4.69) is 10.3 Å². The van der Waals surface area contributed by atoms with Crippen LogP contribution in [0.4, 0.5) is 0 Å². The van der Waals surface area contributed by atoms with E-state index in [9.17, 15) is 9.59 Å². The summed E-state index contributed by atoms with van der Waals surface area (Å²) in [6.07, 6.45) is 1.36. The Bertz CT molecular complexity index is 404. The van der Waals surface area contributed by atoms with Crippen molar-refractivity contribution < 1.29 is 14.7 Å². The number of unbranched alkanes of at least 4 members (excludes halogenated alkanes) is 1. The van der Waals surface area contributed by atoms with Gasteiger partial charge in [-0.2, -0.15) is 0 Å². The lowest BCUT2D eigenvalue weighted by atomic mass is 10.2. The van der Waals surface area contributed by atoms with Crippen LogP contribution < -0.4 is 5.32 Å². The molecule has 1 heterocycles. The molecule has 5 nitrogen and oxygen atoms in total. The van der Waals surface area contributed by atoms with Crippen LogP contribution in [0.1, 0.15) is 35.4 Å². The molecule has 0 saturated heterocycles. The fourth-order valence-electron chi connectivity index (χ4n) is 1.36. The number of aliphatic carboxylic acids is 1. The highest BCUT2D eigenvalue weighted by Gasteiger charge is 2.05. The third kappa shape index (κ3) is 5.10. The van der Waals surface area contributed by atoms with Crippen LogP contribution in [0.15, 0.2) is 18.2 Å². The van der Waals surface area contributed by atoms with Gasteiger partial charge in [0.2, 0.25) is 0 Å². The maximum Gasteiger partial charge on any atom is 0.303 e. The number of carbonyl (C=O) groups excluding carboxylic acids is 1. The number of rotatable bonds is 6. The minimum atomic E-state index is -0.809. The Kier molecular flexibility index (Phi) is 5.13. The number of hydrogen-bond donors (Lipinski definition) is 2. The molecule has 1 rings (SSSR count). The summed E-state index contributed by atoms with van der Waals surface area (Å²) in [4.78, 5) is 26.0.